The highest BCUT2D eigenvalue weighted by atomic mass is 16.6. The van der Waals surface area contributed by atoms with Gasteiger partial charge in [0.15, 0.2) is 0 Å². The van der Waals surface area contributed by atoms with E-state index in [0.717, 1.165) is 33.8 Å². The topological polar surface area (TPSA) is 122 Å². The second-order valence-electron chi connectivity index (χ2n) is 10.6. The Bertz CT molecular complexity index is 1390. The molecule has 44 heavy (non-hydrogen) atoms. The van der Waals surface area contributed by atoms with Gasteiger partial charge in [0, 0.05) is 50.5 Å². The highest BCUT2D eigenvalue weighted by molar-refractivity contribution is 6.01. The Kier molecular flexibility index (Phi) is 13.2. The van der Waals surface area contributed by atoms with E-state index in [1.54, 1.807) is 16.5 Å². The molecule has 0 N–H and O–H groups in total. The van der Waals surface area contributed by atoms with Gasteiger partial charge in [0.05, 0.1) is 64.2 Å². The number of carbonyl (C=O) groups is 3. The lowest BCUT2D eigenvalue weighted by Crippen LogP contribution is -2.32. The molecular weight excluding hydrogens is 564 g/mol. The summed E-state index contributed by atoms with van der Waals surface area (Å²) < 4.78 is 23.5. The van der Waals surface area contributed by atoms with Crippen LogP contribution in [-0.2, 0) is 46.9 Å². The fraction of sp³-hybridized carbons (Fsp3) is 0.485. The van der Waals surface area contributed by atoms with Crippen molar-refractivity contribution in [2.45, 2.75) is 45.6 Å². The highest BCUT2D eigenvalue weighted by Gasteiger charge is 2.28. The first-order chi connectivity index (χ1) is 21.5. The number of rotatable bonds is 19. The number of benzene rings is 2. The zero-order valence-electron chi connectivity index (χ0n) is 25.7. The SMILES string of the molecule is CC(=O)CCOCCOCCOCCOCCCC(=O)CCC(=O)N1Cc2ccccc2-c2c(nnn2C)-c2ccccc21. The average molecular weight is 607 g/mol. The number of Topliss-reactive ketones (excluding diaryl/α,β-unsaturated/α-hetero) is 2. The molecule has 11 heteroatoms. The summed E-state index contributed by atoms with van der Waals surface area (Å²) in [4.78, 5) is 38.7. The third-order valence-electron chi connectivity index (χ3n) is 7.26. The molecule has 0 aliphatic carbocycles. The van der Waals surface area contributed by atoms with Gasteiger partial charge in [-0.1, -0.05) is 47.7 Å². The van der Waals surface area contributed by atoms with Crippen LogP contribution >= 0.6 is 0 Å². The van der Waals surface area contributed by atoms with Gasteiger partial charge < -0.3 is 23.8 Å². The number of nitrogens with zero attached hydrogens (tertiary/aromatic N) is 4. The van der Waals surface area contributed by atoms with Crippen LogP contribution < -0.4 is 4.90 Å². The molecule has 2 aromatic carbocycles. The van der Waals surface area contributed by atoms with Crippen molar-refractivity contribution in [3.63, 3.8) is 0 Å². The molecule has 0 bridgehead atoms. The van der Waals surface area contributed by atoms with E-state index >= 15 is 0 Å². The molecule has 3 aromatic rings. The first-order valence-electron chi connectivity index (χ1n) is 15.2. The van der Waals surface area contributed by atoms with Gasteiger partial charge in [-0.05, 0) is 25.0 Å². The molecule has 236 valence electrons. The van der Waals surface area contributed by atoms with Crippen LogP contribution in [0, 0.1) is 0 Å². The number of hydrogen-bond acceptors (Lipinski definition) is 9. The molecule has 0 spiro atoms. The minimum Gasteiger partial charge on any atom is -0.379 e. The Morgan fingerprint density at radius 1 is 0.727 bits per heavy atom. The molecule has 1 aromatic heterocycles. The Morgan fingerprint density at radius 3 is 2.05 bits per heavy atom. The molecule has 1 aliphatic rings. The number of aromatic nitrogens is 3. The monoisotopic (exact) mass is 606 g/mol. The van der Waals surface area contributed by atoms with Gasteiger partial charge in [0.25, 0.3) is 0 Å². The molecule has 0 fully saturated rings. The number of anilines is 1. The van der Waals surface area contributed by atoms with Crippen LogP contribution in [0.25, 0.3) is 22.5 Å². The normalized spacial score (nSPS) is 12.2. The number of ether oxygens (including phenoxy) is 4. The molecular formula is C33H42N4O7. The molecule has 0 radical (unpaired) electrons. The first kappa shape index (κ1) is 33.1. The van der Waals surface area contributed by atoms with Crippen molar-refractivity contribution in [3.05, 3.63) is 54.1 Å². The van der Waals surface area contributed by atoms with Crippen molar-refractivity contribution in [3.8, 4) is 22.5 Å². The van der Waals surface area contributed by atoms with Crippen molar-refractivity contribution in [2.24, 2.45) is 7.05 Å². The van der Waals surface area contributed by atoms with E-state index in [-0.39, 0.29) is 30.3 Å². The van der Waals surface area contributed by atoms with Gasteiger partial charge in [-0.2, -0.15) is 0 Å². The Morgan fingerprint density at radius 2 is 1.34 bits per heavy atom. The summed E-state index contributed by atoms with van der Waals surface area (Å²) in [5.74, 6) is 0.0459. The lowest BCUT2D eigenvalue weighted by atomic mass is 9.95. The Balaban J connectivity index is 1.14. The fourth-order valence-electron chi connectivity index (χ4n) is 4.97. The predicted molar refractivity (Wildman–Crippen MR) is 165 cm³/mol. The average Bonchev–Trinajstić information content (AvgIpc) is 3.40. The summed E-state index contributed by atoms with van der Waals surface area (Å²) in [5.41, 5.74) is 5.23. The molecule has 0 atom stereocenters. The van der Waals surface area contributed by atoms with E-state index in [9.17, 15) is 14.4 Å². The maximum absolute atomic E-state index is 13.5. The highest BCUT2D eigenvalue weighted by Crippen LogP contribution is 2.40. The van der Waals surface area contributed by atoms with Crippen molar-refractivity contribution >= 4 is 23.2 Å². The lowest BCUT2D eigenvalue weighted by molar-refractivity contribution is -0.124. The van der Waals surface area contributed by atoms with Gasteiger partial charge in [0.2, 0.25) is 5.91 Å². The van der Waals surface area contributed by atoms with E-state index in [2.05, 4.69) is 10.3 Å². The smallest absolute Gasteiger partial charge is 0.227 e. The van der Waals surface area contributed by atoms with Crippen LogP contribution in [0.1, 0.15) is 44.6 Å². The van der Waals surface area contributed by atoms with Gasteiger partial charge in [-0.15, -0.1) is 5.10 Å². The van der Waals surface area contributed by atoms with Gasteiger partial charge in [-0.25, -0.2) is 4.68 Å². The maximum Gasteiger partial charge on any atom is 0.227 e. The summed E-state index contributed by atoms with van der Waals surface area (Å²) in [5, 5.41) is 8.72. The number of para-hydroxylation sites is 1. The van der Waals surface area contributed by atoms with Crippen LogP contribution in [0.2, 0.25) is 0 Å². The first-order valence-corrected chi connectivity index (χ1v) is 15.2. The van der Waals surface area contributed by atoms with Crippen LogP contribution in [-0.4, -0.2) is 85.3 Å². The third kappa shape index (κ3) is 9.62. The number of aryl methyl sites for hydroxylation is 1. The molecule has 0 saturated heterocycles. The molecule has 1 amide bonds. The van der Waals surface area contributed by atoms with E-state index in [1.165, 1.54) is 0 Å². The Labute approximate surface area is 258 Å². The van der Waals surface area contributed by atoms with E-state index < -0.39 is 0 Å². The number of fused-ring (bicyclic) bond motifs is 5. The van der Waals surface area contributed by atoms with E-state index in [4.69, 9.17) is 18.9 Å². The second-order valence-corrected chi connectivity index (χ2v) is 10.6. The minimum absolute atomic E-state index is 0.0394. The fourth-order valence-corrected chi connectivity index (χ4v) is 4.97. The van der Waals surface area contributed by atoms with Crippen molar-refractivity contribution in [1.29, 1.82) is 0 Å². The molecule has 11 nitrogen and oxygen atoms in total. The van der Waals surface area contributed by atoms with Crippen LogP contribution in [0.15, 0.2) is 48.5 Å². The number of ketones is 2. The van der Waals surface area contributed by atoms with Crippen LogP contribution in [0.3, 0.4) is 0 Å². The van der Waals surface area contributed by atoms with E-state index in [1.807, 2.05) is 55.6 Å². The summed E-state index contributed by atoms with van der Waals surface area (Å²) in [7, 11) is 1.87. The Hall–Kier alpha value is -3.77. The van der Waals surface area contributed by atoms with E-state index in [0.29, 0.717) is 78.7 Å². The summed E-state index contributed by atoms with van der Waals surface area (Å²) >= 11 is 0. The van der Waals surface area contributed by atoms with Crippen LogP contribution in [0.5, 0.6) is 0 Å². The number of hydrogen-bond donors (Lipinski definition) is 0. The van der Waals surface area contributed by atoms with Crippen LogP contribution in [0.4, 0.5) is 5.69 Å². The van der Waals surface area contributed by atoms with Gasteiger partial charge in [0.1, 0.15) is 17.3 Å². The number of amides is 1. The predicted octanol–water partition coefficient (Wildman–Crippen LogP) is 4.17. The zero-order chi connectivity index (χ0) is 31.1. The summed E-state index contributed by atoms with van der Waals surface area (Å²) in [6.07, 6.45) is 1.69. The molecule has 1 aliphatic heterocycles. The number of carbonyl (C=O) groups excluding carboxylic acids is 3. The third-order valence-corrected chi connectivity index (χ3v) is 7.26. The molecule has 4 rings (SSSR count). The molecule has 0 unspecified atom stereocenters. The summed E-state index contributed by atoms with van der Waals surface area (Å²) in [6.45, 7) is 5.51. The lowest BCUT2D eigenvalue weighted by Gasteiger charge is -2.28. The van der Waals surface area contributed by atoms with Crippen molar-refractivity contribution in [2.75, 3.05) is 57.8 Å². The minimum atomic E-state index is -0.106. The summed E-state index contributed by atoms with van der Waals surface area (Å²) in [6, 6.07) is 15.7. The largest absolute Gasteiger partial charge is 0.379 e. The molecule has 2 heterocycles. The van der Waals surface area contributed by atoms with Gasteiger partial charge in [-0.3, -0.25) is 14.4 Å². The quantitative estimate of drug-likeness (QED) is 0.185. The zero-order valence-corrected chi connectivity index (χ0v) is 25.7. The van der Waals surface area contributed by atoms with Crippen molar-refractivity contribution in [1.82, 2.24) is 15.0 Å². The standard InChI is InChI=1S/C33H42N4O7/c1-25(38)15-17-42-19-21-44-23-22-43-20-18-41-16-7-9-27(39)13-14-31(40)37-24-26-8-3-4-10-28(26)33-32(34-35-36(33)2)29-11-5-6-12-30(29)37/h3-6,8,10-12H,7,9,13-24H2,1-2H3. The maximum atomic E-state index is 13.5. The van der Waals surface area contributed by atoms with Crippen molar-refractivity contribution < 1.29 is 33.3 Å². The molecule has 0 saturated carbocycles. The van der Waals surface area contributed by atoms with Gasteiger partial charge >= 0.3 is 0 Å². The second kappa shape index (κ2) is 17.5.